The van der Waals surface area contributed by atoms with Gasteiger partial charge in [-0.2, -0.15) is 0 Å². The fourth-order valence-electron chi connectivity index (χ4n) is 0.498. The van der Waals surface area contributed by atoms with Crippen LogP contribution in [0.1, 0.15) is 13.8 Å². The first-order chi connectivity index (χ1) is 5.81. The molecule has 0 radical (unpaired) electrons. The van der Waals surface area contributed by atoms with Crippen LogP contribution < -0.4 is 0 Å². The van der Waals surface area contributed by atoms with Crippen LogP contribution in [0.5, 0.6) is 0 Å². The summed E-state index contributed by atoms with van der Waals surface area (Å²) in [5.74, 6) is 0. The third kappa shape index (κ3) is 6.75. The van der Waals surface area contributed by atoms with Gasteiger partial charge >= 0.3 is 0 Å². The minimum atomic E-state index is 1.13. The van der Waals surface area contributed by atoms with E-state index in [0.717, 1.165) is 5.57 Å². The lowest BCUT2D eigenvalue weighted by Gasteiger charge is -1.82. The van der Waals surface area contributed by atoms with E-state index in [-0.39, 0.29) is 0 Å². The molecule has 64 valence electrons. The lowest BCUT2D eigenvalue weighted by atomic mass is 10.3. The molecule has 0 N–H and O–H groups in total. The highest BCUT2D eigenvalue weighted by Crippen LogP contribution is 1.92. The van der Waals surface area contributed by atoms with Crippen LogP contribution in [0.2, 0.25) is 0 Å². The van der Waals surface area contributed by atoms with Crippen molar-refractivity contribution in [2.45, 2.75) is 13.8 Å². The van der Waals surface area contributed by atoms with Gasteiger partial charge in [0, 0.05) is 12.4 Å². The zero-order valence-corrected chi connectivity index (χ0v) is 7.70. The number of nitrogens with zero attached hydrogens (tertiary/aromatic N) is 1. The first-order valence-corrected chi connectivity index (χ1v) is 3.91. The summed E-state index contributed by atoms with van der Waals surface area (Å²) in [6, 6.07) is 0. The normalized spacial score (nSPS) is 13.7. The summed E-state index contributed by atoms with van der Waals surface area (Å²) < 4.78 is 0. The lowest BCUT2D eigenvalue weighted by Crippen LogP contribution is -1.63. The van der Waals surface area contributed by atoms with Crippen LogP contribution in [0.4, 0.5) is 0 Å². The lowest BCUT2D eigenvalue weighted by molar-refractivity contribution is 1.51. The standard InChI is InChI=1S/C11H15N/c1-4-6-9-12-10-7-8-11(3)5-2/h4-10H,2H2,1,3H3/b6-4-,10-7-,11-8+,12-9-. The molecule has 1 heteroatoms. The van der Waals surface area contributed by atoms with Crippen molar-refractivity contribution in [3.63, 3.8) is 0 Å². The molecule has 0 bridgehead atoms. The van der Waals surface area contributed by atoms with Crippen molar-refractivity contribution in [1.29, 1.82) is 0 Å². The molecule has 0 amide bonds. The van der Waals surface area contributed by atoms with Gasteiger partial charge in [-0.25, -0.2) is 0 Å². The zero-order valence-electron chi connectivity index (χ0n) is 7.70. The molecular weight excluding hydrogens is 146 g/mol. The second-order valence-corrected chi connectivity index (χ2v) is 2.28. The minimum absolute atomic E-state index is 1.13. The monoisotopic (exact) mass is 161 g/mol. The zero-order chi connectivity index (χ0) is 9.23. The van der Waals surface area contributed by atoms with Crippen LogP contribution in [-0.2, 0) is 0 Å². The number of allylic oxidation sites excluding steroid dienone is 6. The van der Waals surface area contributed by atoms with Crippen LogP contribution in [-0.4, -0.2) is 6.21 Å². The van der Waals surface area contributed by atoms with Crippen LogP contribution in [0.15, 0.2) is 53.7 Å². The Labute approximate surface area is 74.5 Å². The maximum absolute atomic E-state index is 4.00. The molecular formula is C11H15N. The molecule has 0 unspecified atom stereocenters. The summed E-state index contributed by atoms with van der Waals surface area (Å²) in [4.78, 5) is 4.00. The molecule has 0 aliphatic heterocycles. The molecule has 0 heterocycles. The molecule has 0 spiro atoms. The van der Waals surface area contributed by atoms with E-state index in [0.29, 0.717) is 0 Å². The van der Waals surface area contributed by atoms with E-state index < -0.39 is 0 Å². The van der Waals surface area contributed by atoms with E-state index in [1.165, 1.54) is 0 Å². The van der Waals surface area contributed by atoms with E-state index in [2.05, 4.69) is 11.6 Å². The second kappa shape index (κ2) is 7.73. The second-order valence-electron chi connectivity index (χ2n) is 2.28. The largest absolute Gasteiger partial charge is 0.265 e. The van der Waals surface area contributed by atoms with Gasteiger partial charge in [0.1, 0.15) is 0 Å². The van der Waals surface area contributed by atoms with E-state index in [4.69, 9.17) is 0 Å². The van der Waals surface area contributed by atoms with Crippen LogP contribution in [0, 0.1) is 0 Å². The molecule has 0 atom stereocenters. The number of hydrogen-bond donors (Lipinski definition) is 0. The highest BCUT2D eigenvalue weighted by atomic mass is 14.6. The molecule has 1 nitrogen and oxygen atoms in total. The average Bonchev–Trinajstić information content (AvgIpc) is 2.10. The van der Waals surface area contributed by atoms with Crippen LogP contribution in [0.25, 0.3) is 0 Å². The summed E-state index contributed by atoms with van der Waals surface area (Å²) in [6.07, 6.45) is 13.0. The molecule has 0 fully saturated rings. The van der Waals surface area contributed by atoms with Gasteiger partial charge in [-0.15, -0.1) is 0 Å². The van der Waals surface area contributed by atoms with Gasteiger partial charge in [-0.05, 0) is 26.0 Å². The fraction of sp³-hybridized carbons (Fsp3) is 0.182. The summed E-state index contributed by atoms with van der Waals surface area (Å²) in [5.41, 5.74) is 1.13. The molecule has 0 aromatic heterocycles. The Balaban J connectivity index is 3.85. The summed E-state index contributed by atoms with van der Waals surface area (Å²) in [7, 11) is 0. The van der Waals surface area contributed by atoms with Gasteiger partial charge < -0.3 is 0 Å². The van der Waals surface area contributed by atoms with Gasteiger partial charge in [0.2, 0.25) is 0 Å². The molecule has 0 rings (SSSR count). The molecule has 0 aliphatic carbocycles. The van der Waals surface area contributed by atoms with Crippen molar-refractivity contribution in [2.75, 3.05) is 0 Å². The Morgan fingerprint density at radius 3 is 2.67 bits per heavy atom. The van der Waals surface area contributed by atoms with Crippen molar-refractivity contribution >= 4 is 6.21 Å². The first kappa shape index (κ1) is 10.6. The van der Waals surface area contributed by atoms with Crippen molar-refractivity contribution in [3.8, 4) is 0 Å². The Bertz CT molecular complexity index is 229. The van der Waals surface area contributed by atoms with E-state index in [1.807, 2.05) is 38.2 Å². The minimum Gasteiger partial charge on any atom is -0.265 e. The SMILES string of the molecule is C=C/C(C)=C/C=C\N=C/C=C\C. The van der Waals surface area contributed by atoms with Gasteiger partial charge in [0.25, 0.3) is 0 Å². The number of rotatable bonds is 4. The number of hydrogen-bond acceptors (Lipinski definition) is 1. The summed E-state index contributed by atoms with van der Waals surface area (Å²) in [6.45, 7) is 7.59. The van der Waals surface area contributed by atoms with Gasteiger partial charge in [0.05, 0.1) is 0 Å². The smallest absolute Gasteiger partial charge is 0.0267 e. The van der Waals surface area contributed by atoms with Gasteiger partial charge in [0.15, 0.2) is 0 Å². The highest BCUT2D eigenvalue weighted by molar-refractivity contribution is 5.71. The molecule has 0 saturated carbocycles. The van der Waals surface area contributed by atoms with Gasteiger partial charge in [-0.1, -0.05) is 30.4 Å². The van der Waals surface area contributed by atoms with E-state index in [9.17, 15) is 0 Å². The van der Waals surface area contributed by atoms with Crippen molar-refractivity contribution in [3.05, 3.63) is 48.7 Å². The van der Waals surface area contributed by atoms with E-state index in [1.54, 1.807) is 18.5 Å². The highest BCUT2D eigenvalue weighted by Gasteiger charge is 1.71. The Morgan fingerprint density at radius 2 is 2.08 bits per heavy atom. The van der Waals surface area contributed by atoms with Crippen molar-refractivity contribution in [1.82, 2.24) is 0 Å². The molecule has 0 aromatic carbocycles. The van der Waals surface area contributed by atoms with Gasteiger partial charge in [-0.3, -0.25) is 4.99 Å². The number of aliphatic imine (C=N–C) groups is 1. The summed E-state index contributed by atoms with van der Waals surface area (Å²) >= 11 is 0. The molecule has 0 aliphatic rings. The predicted molar refractivity (Wildman–Crippen MR) is 56.4 cm³/mol. The maximum atomic E-state index is 4.00. The van der Waals surface area contributed by atoms with Crippen LogP contribution >= 0.6 is 0 Å². The third-order valence-corrected chi connectivity index (χ3v) is 1.22. The first-order valence-electron chi connectivity index (χ1n) is 3.91. The van der Waals surface area contributed by atoms with Crippen LogP contribution in [0.3, 0.4) is 0 Å². The Hall–Kier alpha value is -1.37. The third-order valence-electron chi connectivity index (χ3n) is 1.22. The summed E-state index contributed by atoms with van der Waals surface area (Å²) in [5, 5.41) is 0. The maximum Gasteiger partial charge on any atom is 0.0267 e. The Kier molecular flexibility index (Phi) is 6.85. The van der Waals surface area contributed by atoms with Crippen molar-refractivity contribution < 1.29 is 0 Å². The quantitative estimate of drug-likeness (QED) is 0.443. The average molecular weight is 161 g/mol. The van der Waals surface area contributed by atoms with Crippen molar-refractivity contribution in [2.24, 2.45) is 4.99 Å². The topological polar surface area (TPSA) is 12.4 Å². The Morgan fingerprint density at radius 1 is 1.33 bits per heavy atom. The van der Waals surface area contributed by atoms with E-state index >= 15 is 0 Å². The molecule has 0 saturated heterocycles. The fourth-order valence-corrected chi connectivity index (χ4v) is 0.498. The molecule has 0 aromatic rings. The molecule has 12 heavy (non-hydrogen) atoms. The predicted octanol–water partition coefficient (Wildman–Crippen LogP) is 3.28.